The molecular weight excluding hydrogens is 395 g/mol. The third kappa shape index (κ3) is 5.80. The van der Waals surface area contributed by atoms with Crippen LogP contribution in [0.25, 0.3) is 6.08 Å². The van der Waals surface area contributed by atoms with Gasteiger partial charge >= 0.3 is 5.97 Å². The van der Waals surface area contributed by atoms with E-state index in [1.165, 1.54) is 24.9 Å². The Morgan fingerprint density at radius 1 is 1.15 bits per heavy atom. The Balaban J connectivity index is 2.15. The van der Waals surface area contributed by atoms with E-state index < -0.39 is 5.97 Å². The zero-order valence-electron chi connectivity index (χ0n) is 13.9. The molecule has 0 saturated heterocycles. The summed E-state index contributed by atoms with van der Waals surface area (Å²) in [6, 6.07) is 10.2. The van der Waals surface area contributed by atoms with E-state index in [0.29, 0.717) is 27.1 Å². The highest BCUT2D eigenvalue weighted by Gasteiger charge is 2.10. The van der Waals surface area contributed by atoms with Gasteiger partial charge in [0.2, 0.25) is 0 Å². The number of methoxy groups -OCH3 is 1. The van der Waals surface area contributed by atoms with Crippen LogP contribution in [0.4, 0.5) is 0 Å². The largest absolute Gasteiger partial charge is 0.496 e. The number of carboxylic acid groups (broad SMARTS) is 1. The van der Waals surface area contributed by atoms with Crippen molar-refractivity contribution in [2.45, 2.75) is 5.75 Å². The number of thioether (sulfide) groups is 1. The fourth-order valence-corrected chi connectivity index (χ4v) is 3.21. The van der Waals surface area contributed by atoms with Gasteiger partial charge in [0.05, 0.1) is 22.9 Å². The lowest BCUT2D eigenvalue weighted by atomic mass is 10.1. The molecule has 0 bridgehead atoms. The first-order valence-electron chi connectivity index (χ1n) is 7.54. The summed E-state index contributed by atoms with van der Waals surface area (Å²) in [5, 5.41) is 9.62. The molecular formula is C19H16Cl2O4S. The molecule has 0 heterocycles. The molecule has 4 nitrogen and oxygen atoms in total. The van der Waals surface area contributed by atoms with E-state index in [2.05, 4.69) is 0 Å². The molecule has 2 aromatic carbocycles. The number of allylic oxidation sites excluding steroid dienone is 1. The summed E-state index contributed by atoms with van der Waals surface area (Å²) in [6.45, 7) is 0. The number of carboxylic acids is 1. The van der Waals surface area contributed by atoms with Crippen molar-refractivity contribution in [1.29, 1.82) is 0 Å². The fourth-order valence-electron chi connectivity index (χ4n) is 2.18. The van der Waals surface area contributed by atoms with Crippen molar-refractivity contribution in [3.63, 3.8) is 0 Å². The molecule has 136 valence electrons. The first-order valence-corrected chi connectivity index (χ1v) is 9.45. The fraction of sp³-hybridized carbons (Fsp3) is 0.158. The monoisotopic (exact) mass is 410 g/mol. The number of ketones is 1. The maximum atomic E-state index is 12.4. The number of rotatable bonds is 8. The lowest BCUT2D eigenvalue weighted by Gasteiger charge is -2.09. The molecule has 0 spiro atoms. The van der Waals surface area contributed by atoms with Gasteiger partial charge in [0.25, 0.3) is 0 Å². The number of benzene rings is 2. The summed E-state index contributed by atoms with van der Waals surface area (Å²) in [4.78, 5) is 23.1. The van der Waals surface area contributed by atoms with Crippen LogP contribution in [0.5, 0.6) is 5.75 Å². The summed E-state index contributed by atoms with van der Waals surface area (Å²) in [7, 11) is 1.53. The van der Waals surface area contributed by atoms with Crippen LogP contribution in [-0.2, 0) is 10.5 Å². The molecule has 0 unspecified atom stereocenters. The van der Waals surface area contributed by atoms with Crippen molar-refractivity contribution < 1.29 is 19.4 Å². The normalized spacial score (nSPS) is 10.9. The highest BCUT2D eigenvalue weighted by Crippen LogP contribution is 2.26. The molecule has 1 N–H and O–H groups in total. The number of carbonyl (C=O) groups excluding carboxylic acids is 1. The van der Waals surface area contributed by atoms with Gasteiger partial charge in [-0.2, -0.15) is 0 Å². The Kier molecular flexibility index (Phi) is 7.57. The van der Waals surface area contributed by atoms with Crippen molar-refractivity contribution in [3.05, 3.63) is 69.2 Å². The molecule has 2 aromatic rings. The number of hydrogen-bond acceptors (Lipinski definition) is 4. The SMILES string of the molecule is COc1ccc(C(=O)/C=C/c2ccc(Cl)c(Cl)c2)cc1CSCC(=O)O. The van der Waals surface area contributed by atoms with Gasteiger partial charge in [-0.25, -0.2) is 0 Å². The van der Waals surface area contributed by atoms with Gasteiger partial charge in [-0.05, 0) is 42.0 Å². The van der Waals surface area contributed by atoms with Gasteiger partial charge in [0.1, 0.15) is 5.75 Å². The Hall–Kier alpha value is -1.95. The van der Waals surface area contributed by atoms with E-state index in [4.69, 9.17) is 33.0 Å². The van der Waals surface area contributed by atoms with E-state index in [9.17, 15) is 9.59 Å². The molecule has 0 aromatic heterocycles. The smallest absolute Gasteiger partial charge is 0.313 e. The molecule has 0 fully saturated rings. The lowest BCUT2D eigenvalue weighted by molar-refractivity contribution is -0.133. The highest BCUT2D eigenvalue weighted by molar-refractivity contribution is 7.99. The van der Waals surface area contributed by atoms with E-state index in [1.54, 1.807) is 42.5 Å². The number of hydrogen-bond donors (Lipinski definition) is 1. The summed E-state index contributed by atoms with van der Waals surface area (Å²) < 4.78 is 5.27. The summed E-state index contributed by atoms with van der Waals surface area (Å²) in [5.74, 6) is -0.0204. The highest BCUT2D eigenvalue weighted by atomic mass is 35.5. The number of aliphatic carboxylic acids is 1. The van der Waals surface area contributed by atoms with Crippen LogP contribution < -0.4 is 4.74 Å². The maximum Gasteiger partial charge on any atom is 0.313 e. The van der Waals surface area contributed by atoms with Crippen LogP contribution in [-0.4, -0.2) is 29.7 Å². The second-order valence-electron chi connectivity index (χ2n) is 5.28. The zero-order chi connectivity index (χ0) is 19.1. The summed E-state index contributed by atoms with van der Waals surface area (Å²) in [6.07, 6.45) is 3.11. The van der Waals surface area contributed by atoms with E-state index >= 15 is 0 Å². The Morgan fingerprint density at radius 3 is 2.58 bits per heavy atom. The minimum absolute atomic E-state index is 0.0153. The van der Waals surface area contributed by atoms with E-state index in [0.717, 1.165) is 11.1 Å². The minimum Gasteiger partial charge on any atom is -0.496 e. The van der Waals surface area contributed by atoms with Crippen LogP contribution in [0.1, 0.15) is 21.5 Å². The molecule has 0 radical (unpaired) electrons. The first-order chi connectivity index (χ1) is 12.4. The van der Waals surface area contributed by atoms with Crippen LogP contribution in [0.3, 0.4) is 0 Å². The standard InChI is InChI=1S/C19H16Cl2O4S/c1-25-18-7-4-13(9-14(18)10-26-11-19(23)24)17(22)6-3-12-2-5-15(20)16(21)8-12/h2-9H,10-11H2,1H3,(H,23,24)/b6-3+. The van der Waals surface area contributed by atoms with Gasteiger partial charge in [-0.15, -0.1) is 11.8 Å². The molecule has 0 atom stereocenters. The average molecular weight is 411 g/mol. The van der Waals surface area contributed by atoms with Gasteiger partial charge in [-0.1, -0.05) is 35.3 Å². The molecule has 0 amide bonds. The van der Waals surface area contributed by atoms with Crippen LogP contribution in [0, 0.1) is 0 Å². The van der Waals surface area contributed by atoms with Crippen molar-refractivity contribution in [2.75, 3.05) is 12.9 Å². The number of halogens is 2. The van der Waals surface area contributed by atoms with Gasteiger partial charge in [-0.3, -0.25) is 9.59 Å². The lowest BCUT2D eigenvalue weighted by Crippen LogP contribution is -2.01. The van der Waals surface area contributed by atoms with Crippen molar-refractivity contribution in [1.82, 2.24) is 0 Å². The molecule has 26 heavy (non-hydrogen) atoms. The van der Waals surface area contributed by atoms with Crippen LogP contribution >= 0.6 is 35.0 Å². The zero-order valence-corrected chi connectivity index (χ0v) is 16.2. The van der Waals surface area contributed by atoms with E-state index in [-0.39, 0.29) is 11.5 Å². The summed E-state index contributed by atoms with van der Waals surface area (Å²) in [5.41, 5.74) is 2.03. The third-order valence-electron chi connectivity index (χ3n) is 3.42. The van der Waals surface area contributed by atoms with Crippen molar-refractivity contribution >= 4 is 52.8 Å². The van der Waals surface area contributed by atoms with Gasteiger partial charge in [0.15, 0.2) is 5.78 Å². The molecule has 0 aliphatic carbocycles. The third-order valence-corrected chi connectivity index (χ3v) is 5.12. The molecule has 7 heteroatoms. The first kappa shape index (κ1) is 20.4. The van der Waals surface area contributed by atoms with Gasteiger partial charge < -0.3 is 9.84 Å². The van der Waals surface area contributed by atoms with Crippen molar-refractivity contribution in [2.24, 2.45) is 0 Å². The quantitative estimate of drug-likeness (QED) is 0.477. The molecule has 0 aliphatic heterocycles. The Bertz CT molecular complexity index is 849. The number of ether oxygens (including phenoxy) is 1. The second kappa shape index (κ2) is 9.67. The Morgan fingerprint density at radius 2 is 1.92 bits per heavy atom. The van der Waals surface area contributed by atoms with Crippen molar-refractivity contribution in [3.8, 4) is 5.75 Å². The minimum atomic E-state index is -0.884. The van der Waals surface area contributed by atoms with Gasteiger partial charge in [0, 0.05) is 16.9 Å². The molecule has 0 saturated carbocycles. The summed E-state index contributed by atoms with van der Waals surface area (Å²) >= 11 is 13.1. The second-order valence-corrected chi connectivity index (χ2v) is 7.08. The van der Waals surface area contributed by atoms with Crippen LogP contribution in [0.2, 0.25) is 10.0 Å². The Labute approximate surface area is 165 Å². The molecule has 0 aliphatic rings. The predicted octanol–water partition coefficient (Wildman–Crippen LogP) is 5.22. The van der Waals surface area contributed by atoms with E-state index in [1.807, 2.05) is 0 Å². The topological polar surface area (TPSA) is 63.6 Å². The molecule has 2 rings (SSSR count). The predicted molar refractivity (Wildman–Crippen MR) is 107 cm³/mol. The average Bonchev–Trinajstić information content (AvgIpc) is 2.62. The number of carbonyl (C=O) groups is 2. The maximum absolute atomic E-state index is 12.4. The van der Waals surface area contributed by atoms with Crippen LogP contribution in [0.15, 0.2) is 42.5 Å².